The van der Waals surface area contributed by atoms with Crippen LogP contribution in [0.3, 0.4) is 0 Å². The number of carbonyl (C=O) groups excluding carboxylic acids is 1. The maximum Gasteiger partial charge on any atom is 0.416 e. The van der Waals surface area contributed by atoms with Gasteiger partial charge in [-0.1, -0.05) is 6.92 Å². The zero-order chi connectivity index (χ0) is 17.3. The minimum atomic E-state index is -4.41. The first-order valence-electron chi connectivity index (χ1n) is 8.13. The highest BCUT2D eigenvalue weighted by atomic mass is 32.2. The first-order chi connectivity index (χ1) is 11.4. The van der Waals surface area contributed by atoms with Crippen LogP contribution in [0, 0.1) is 5.92 Å². The van der Waals surface area contributed by atoms with Crippen molar-refractivity contribution in [3.63, 3.8) is 0 Å². The van der Waals surface area contributed by atoms with Gasteiger partial charge in [0.2, 0.25) is 5.91 Å². The summed E-state index contributed by atoms with van der Waals surface area (Å²) in [6.45, 7) is 3.56. The number of amides is 1. The average Bonchev–Trinajstić information content (AvgIpc) is 2.72. The molecule has 3 nitrogen and oxygen atoms in total. The van der Waals surface area contributed by atoms with E-state index < -0.39 is 11.7 Å². The molecule has 0 aliphatic carbocycles. The van der Waals surface area contributed by atoms with Crippen LogP contribution in [0.1, 0.15) is 31.7 Å². The Bertz CT molecular complexity index is 614. The van der Waals surface area contributed by atoms with Gasteiger partial charge in [-0.25, -0.2) is 0 Å². The van der Waals surface area contributed by atoms with Crippen molar-refractivity contribution in [2.24, 2.45) is 5.92 Å². The lowest BCUT2D eigenvalue weighted by molar-refractivity contribution is -0.137. The molecule has 2 aliphatic rings. The molecule has 1 fully saturated rings. The summed E-state index contributed by atoms with van der Waals surface area (Å²) < 4.78 is 44.6. The molecule has 1 unspecified atom stereocenters. The molecule has 2 aliphatic heterocycles. The highest BCUT2D eigenvalue weighted by Crippen LogP contribution is 2.42. The van der Waals surface area contributed by atoms with Gasteiger partial charge in [0.25, 0.3) is 0 Å². The van der Waals surface area contributed by atoms with Crippen molar-refractivity contribution in [2.45, 2.75) is 42.5 Å². The van der Waals surface area contributed by atoms with E-state index in [4.69, 9.17) is 4.74 Å². The number of benzene rings is 1. The van der Waals surface area contributed by atoms with Crippen molar-refractivity contribution in [3.8, 4) is 0 Å². The standard InChI is InChI=1S/C17H20F3NO2S/c1-11-4-7-21(16(22)12-5-8-23-9-6-12)14-10-13(17(18,19)20)2-3-15(14)24-11/h2-3,10-12H,4-9H2,1H3. The predicted octanol–water partition coefficient (Wildman–Crippen LogP) is 4.35. The third kappa shape index (κ3) is 3.72. The van der Waals surface area contributed by atoms with Gasteiger partial charge in [0.15, 0.2) is 0 Å². The number of hydrogen-bond donors (Lipinski definition) is 0. The molecule has 0 radical (unpaired) electrons. The first kappa shape index (κ1) is 17.6. The summed E-state index contributed by atoms with van der Waals surface area (Å²) >= 11 is 1.53. The zero-order valence-corrected chi connectivity index (χ0v) is 14.3. The van der Waals surface area contributed by atoms with Gasteiger partial charge in [0.05, 0.1) is 11.3 Å². The van der Waals surface area contributed by atoms with Crippen LogP contribution >= 0.6 is 11.8 Å². The van der Waals surface area contributed by atoms with Crippen LogP contribution < -0.4 is 4.90 Å². The lowest BCUT2D eigenvalue weighted by Gasteiger charge is -2.29. The lowest BCUT2D eigenvalue weighted by atomic mass is 9.98. The van der Waals surface area contributed by atoms with Gasteiger partial charge >= 0.3 is 6.18 Å². The Morgan fingerprint density at radius 2 is 1.96 bits per heavy atom. The number of carbonyl (C=O) groups is 1. The quantitative estimate of drug-likeness (QED) is 0.747. The Balaban J connectivity index is 1.96. The van der Waals surface area contributed by atoms with E-state index in [1.165, 1.54) is 17.8 Å². The number of thioether (sulfide) groups is 1. The second kappa shape index (κ2) is 6.96. The number of anilines is 1. The summed E-state index contributed by atoms with van der Waals surface area (Å²) in [5.74, 6) is -0.242. The van der Waals surface area contributed by atoms with Gasteiger partial charge in [-0.05, 0) is 37.5 Å². The van der Waals surface area contributed by atoms with E-state index in [-0.39, 0.29) is 17.1 Å². The Morgan fingerprint density at radius 3 is 2.62 bits per heavy atom. The summed E-state index contributed by atoms with van der Waals surface area (Å²) in [7, 11) is 0. The summed E-state index contributed by atoms with van der Waals surface area (Å²) in [6, 6.07) is 3.72. The van der Waals surface area contributed by atoms with Crippen molar-refractivity contribution >= 4 is 23.4 Å². The SMILES string of the molecule is CC1CCN(C(=O)C2CCOCC2)c2cc(C(F)(F)F)ccc2S1. The van der Waals surface area contributed by atoms with Crippen LogP contribution in [0.2, 0.25) is 0 Å². The van der Waals surface area contributed by atoms with Crippen LogP contribution in [0.4, 0.5) is 18.9 Å². The molecule has 1 aromatic carbocycles. The smallest absolute Gasteiger partial charge is 0.381 e. The highest BCUT2D eigenvalue weighted by molar-refractivity contribution is 8.00. The monoisotopic (exact) mass is 359 g/mol. The molecule has 24 heavy (non-hydrogen) atoms. The van der Waals surface area contributed by atoms with E-state index >= 15 is 0 Å². The van der Waals surface area contributed by atoms with E-state index in [9.17, 15) is 18.0 Å². The molecule has 3 rings (SSSR count). The fourth-order valence-electron chi connectivity index (χ4n) is 3.11. The number of nitrogens with zero attached hydrogens (tertiary/aromatic N) is 1. The Labute approximate surface area is 143 Å². The summed E-state index contributed by atoms with van der Waals surface area (Å²) in [4.78, 5) is 15.2. The summed E-state index contributed by atoms with van der Waals surface area (Å²) in [6.07, 6.45) is -2.39. The number of hydrogen-bond acceptors (Lipinski definition) is 3. The van der Waals surface area contributed by atoms with Crippen LogP contribution in [-0.2, 0) is 15.7 Å². The van der Waals surface area contributed by atoms with E-state index in [2.05, 4.69) is 0 Å². The molecule has 132 valence electrons. The average molecular weight is 359 g/mol. The number of alkyl halides is 3. The molecule has 0 saturated carbocycles. The van der Waals surface area contributed by atoms with Crippen LogP contribution in [0.5, 0.6) is 0 Å². The van der Waals surface area contributed by atoms with Crippen molar-refractivity contribution in [1.29, 1.82) is 0 Å². The third-order valence-corrected chi connectivity index (χ3v) is 5.74. The molecule has 0 aromatic heterocycles. The third-order valence-electron chi connectivity index (χ3n) is 4.50. The molecule has 7 heteroatoms. The Kier molecular flexibility index (Phi) is 5.11. The van der Waals surface area contributed by atoms with Crippen molar-refractivity contribution in [1.82, 2.24) is 0 Å². The van der Waals surface area contributed by atoms with E-state index in [0.717, 1.165) is 23.4 Å². The number of rotatable bonds is 1. The fraction of sp³-hybridized carbons (Fsp3) is 0.588. The topological polar surface area (TPSA) is 29.5 Å². The van der Waals surface area contributed by atoms with Crippen molar-refractivity contribution in [2.75, 3.05) is 24.7 Å². The van der Waals surface area contributed by atoms with E-state index in [1.54, 1.807) is 4.90 Å². The second-order valence-electron chi connectivity index (χ2n) is 6.27. The molecule has 0 bridgehead atoms. The highest BCUT2D eigenvalue weighted by Gasteiger charge is 2.35. The Morgan fingerprint density at radius 1 is 1.25 bits per heavy atom. The van der Waals surface area contributed by atoms with E-state index in [0.29, 0.717) is 38.3 Å². The fourth-order valence-corrected chi connectivity index (χ4v) is 4.20. The van der Waals surface area contributed by atoms with Crippen LogP contribution in [0.25, 0.3) is 0 Å². The Hall–Kier alpha value is -1.21. The van der Waals surface area contributed by atoms with Gasteiger partial charge < -0.3 is 9.64 Å². The van der Waals surface area contributed by atoms with Gasteiger partial charge in [-0.3, -0.25) is 4.79 Å². The van der Waals surface area contributed by atoms with Gasteiger partial charge in [-0.2, -0.15) is 13.2 Å². The number of halogens is 3. The molecule has 2 heterocycles. The molecular formula is C17H20F3NO2S. The van der Waals surface area contributed by atoms with Crippen molar-refractivity contribution in [3.05, 3.63) is 23.8 Å². The molecule has 0 spiro atoms. The maximum atomic E-state index is 13.1. The molecule has 1 aromatic rings. The van der Waals surface area contributed by atoms with Crippen LogP contribution in [0.15, 0.2) is 23.1 Å². The van der Waals surface area contributed by atoms with Gasteiger partial charge in [0.1, 0.15) is 0 Å². The second-order valence-corrected chi connectivity index (χ2v) is 7.75. The zero-order valence-electron chi connectivity index (χ0n) is 13.4. The molecular weight excluding hydrogens is 339 g/mol. The minimum Gasteiger partial charge on any atom is -0.381 e. The minimum absolute atomic E-state index is 0.0754. The summed E-state index contributed by atoms with van der Waals surface area (Å²) in [5.41, 5.74) is -0.308. The van der Waals surface area contributed by atoms with Crippen LogP contribution in [-0.4, -0.2) is 30.9 Å². The maximum absolute atomic E-state index is 13.1. The number of ether oxygens (including phenoxy) is 1. The molecule has 1 saturated heterocycles. The van der Waals surface area contributed by atoms with E-state index in [1.807, 2.05) is 6.92 Å². The predicted molar refractivity (Wildman–Crippen MR) is 87.3 cm³/mol. The van der Waals surface area contributed by atoms with Gasteiger partial charge in [0, 0.05) is 35.8 Å². The normalized spacial score (nSPS) is 22.8. The lowest BCUT2D eigenvalue weighted by Crippen LogP contribution is -2.39. The molecule has 1 amide bonds. The number of fused-ring (bicyclic) bond motifs is 1. The largest absolute Gasteiger partial charge is 0.416 e. The summed E-state index contributed by atoms with van der Waals surface area (Å²) in [5, 5.41) is 0.257. The van der Waals surface area contributed by atoms with Crippen molar-refractivity contribution < 1.29 is 22.7 Å². The van der Waals surface area contributed by atoms with Gasteiger partial charge in [-0.15, -0.1) is 11.8 Å². The molecule has 1 atom stereocenters. The first-order valence-corrected chi connectivity index (χ1v) is 9.01. The molecule has 0 N–H and O–H groups in total.